The van der Waals surface area contributed by atoms with Crippen molar-refractivity contribution < 1.29 is 13.0 Å². The van der Waals surface area contributed by atoms with Crippen LogP contribution in [0.4, 0.5) is 0 Å². The fourth-order valence-corrected chi connectivity index (χ4v) is 11.6. The summed E-state index contributed by atoms with van der Waals surface area (Å²) in [6, 6.07) is 33.4. The fraction of sp³-hybridized carbons (Fsp3) is 0.143. The second-order valence-electron chi connectivity index (χ2n) is 6.25. The summed E-state index contributed by atoms with van der Waals surface area (Å²) in [6.45, 7) is 1.09. The average Bonchev–Trinajstić information content (AvgIpc) is 3.26. The van der Waals surface area contributed by atoms with Gasteiger partial charge in [0.25, 0.3) is 0 Å². The Bertz CT molecular complexity index is 735. The Kier molecular flexibility index (Phi) is 9.13. The topological polar surface area (TPSA) is 12.0 Å². The van der Waals surface area contributed by atoms with Crippen LogP contribution >= 0.6 is 48.1 Å². The molecular weight excluding hydrogens is 539 g/mol. The maximum atomic E-state index is 4.94. The molecule has 4 rings (SSSR count). The predicted octanol–water partition coefficient (Wildman–Crippen LogP) is 5.40. The Morgan fingerprint density at radius 1 is 0.714 bits per heavy atom. The van der Waals surface area contributed by atoms with Crippen molar-refractivity contribution in [3.05, 3.63) is 91.0 Å². The van der Waals surface area contributed by atoms with Crippen LogP contribution < -0.4 is 21.2 Å². The van der Waals surface area contributed by atoms with Gasteiger partial charge in [-0.2, -0.15) is 0 Å². The molecule has 1 atom stereocenters. The van der Waals surface area contributed by atoms with Crippen LogP contribution in [0.15, 0.2) is 91.0 Å². The van der Waals surface area contributed by atoms with Gasteiger partial charge in [0, 0.05) is 0 Å². The Morgan fingerprint density at radius 2 is 1.07 bits per heavy atom. The molecule has 1 N–H and O–H groups in total. The standard InChI is InChI=1S/C21H22NPS.3ClH.Rh/c1-4-10-18(11-5-1)23(21-22-16-17-24-21,19-12-6-2-7-13-19)20-14-8-3-9-15-20;;;;/h1-15,21-23H,16-17H2;3*1H;/q;;;;+3/p-3. The van der Waals surface area contributed by atoms with E-state index in [2.05, 4.69) is 108 Å². The molecule has 1 fully saturated rings. The van der Waals surface area contributed by atoms with Crippen molar-refractivity contribution in [3.8, 4) is 0 Å². The SMILES string of the molecule is [Cl][Rh]([Cl])[Cl].c1ccc([PH](c2ccccc2)(c2ccccc2)C2NCCS2)cc1. The molecule has 0 spiro atoms. The van der Waals surface area contributed by atoms with Crippen LogP contribution in [0, 0.1) is 0 Å². The molecule has 28 heavy (non-hydrogen) atoms. The second kappa shape index (κ2) is 11.3. The van der Waals surface area contributed by atoms with Crippen molar-refractivity contribution in [3.63, 3.8) is 0 Å². The normalized spacial score (nSPS) is 17.4. The zero-order valence-corrected chi connectivity index (χ0v) is 20.8. The zero-order chi connectivity index (χ0) is 19.8. The van der Waals surface area contributed by atoms with Gasteiger partial charge in [0.15, 0.2) is 0 Å². The van der Waals surface area contributed by atoms with E-state index in [-0.39, 0.29) is 0 Å². The van der Waals surface area contributed by atoms with Crippen molar-refractivity contribution in [1.29, 1.82) is 0 Å². The molecule has 0 aromatic heterocycles. The van der Waals surface area contributed by atoms with Crippen LogP contribution in [-0.4, -0.2) is 17.4 Å². The molecule has 7 heteroatoms. The van der Waals surface area contributed by atoms with Crippen LogP contribution in [-0.2, 0) is 13.0 Å². The molecule has 0 radical (unpaired) electrons. The molecule has 0 amide bonds. The van der Waals surface area contributed by atoms with E-state index in [1.54, 1.807) is 0 Å². The molecule has 1 saturated heterocycles. The maximum absolute atomic E-state index is 4.94. The van der Waals surface area contributed by atoms with Crippen LogP contribution in [0.5, 0.6) is 0 Å². The van der Waals surface area contributed by atoms with Gasteiger partial charge in [-0.25, -0.2) is 0 Å². The minimum atomic E-state index is -2.14. The van der Waals surface area contributed by atoms with E-state index in [1.165, 1.54) is 21.7 Å². The molecule has 3 aromatic carbocycles. The van der Waals surface area contributed by atoms with E-state index in [0.29, 0.717) is 5.11 Å². The van der Waals surface area contributed by atoms with Crippen molar-refractivity contribution in [1.82, 2.24) is 5.32 Å². The third-order valence-corrected chi connectivity index (χ3v) is 12.0. The number of hydrogen-bond donors (Lipinski definition) is 1. The average molecular weight is 561 g/mol. The minimum absolute atomic E-state index is 0.463. The van der Waals surface area contributed by atoms with Crippen molar-refractivity contribution in [2.45, 2.75) is 5.11 Å². The summed E-state index contributed by atoms with van der Waals surface area (Å²) in [5.74, 6) is 1.19. The van der Waals surface area contributed by atoms with E-state index in [4.69, 9.17) is 29.1 Å². The van der Waals surface area contributed by atoms with Gasteiger partial charge < -0.3 is 0 Å². The van der Waals surface area contributed by atoms with Gasteiger partial charge in [0.2, 0.25) is 0 Å². The van der Waals surface area contributed by atoms with Gasteiger partial charge in [-0.15, -0.1) is 0 Å². The van der Waals surface area contributed by atoms with Crippen LogP contribution in [0.2, 0.25) is 0 Å². The first-order chi connectivity index (χ1) is 13.7. The molecule has 3 aromatic rings. The van der Waals surface area contributed by atoms with E-state index in [1.807, 2.05) is 0 Å². The van der Waals surface area contributed by atoms with Crippen LogP contribution in [0.3, 0.4) is 0 Å². The number of rotatable bonds is 4. The number of thioether (sulfide) groups is 1. The summed E-state index contributed by atoms with van der Waals surface area (Å²) in [5, 5.41) is 8.72. The van der Waals surface area contributed by atoms with Gasteiger partial charge in [0.05, 0.1) is 0 Å². The number of hydrogen-bond acceptors (Lipinski definition) is 2. The monoisotopic (exact) mass is 559 g/mol. The van der Waals surface area contributed by atoms with Gasteiger partial charge in [-0.1, -0.05) is 0 Å². The Labute approximate surface area is 189 Å². The zero-order valence-electron chi connectivity index (χ0n) is 15.0. The van der Waals surface area contributed by atoms with Crippen molar-refractivity contribution in [2.24, 2.45) is 0 Å². The molecule has 152 valence electrons. The van der Waals surface area contributed by atoms with E-state index < -0.39 is 20.2 Å². The second-order valence-corrected chi connectivity index (χ2v) is 19.3. The molecule has 1 unspecified atom stereocenters. The third-order valence-electron chi connectivity index (χ3n) is 4.80. The molecule has 1 aliphatic heterocycles. The number of halogens is 3. The molecule has 0 bridgehead atoms. The summed E-state index contributed by atoms with van der Waals surface area (Å²) >= 11 is 0.424. The number of benzene rings is 3. The van der Waals surface area contributed by atoms with Crippen LogP contribution in [0.1, 0.15) is 0 Å². The summed E-state index contributed by atoms with van der Waals surface area (Å²) in [5.41, 5.74) is 0. The Morgan fingerprint density at radius 3 is 1.36 bits per heavy atom. The third kappa shape index (κ3) is 5.32. The first-order valence-corrected chi connectivity index (χ1v) is 18.3. The van der Waals surface area contributed by atoms with Gasteiger partial charge in [-0.3, -0.25) is 0 Å². The predicted molar refractivity (Wildman–Crippen MR) is 128 cm³/mol. The summed E-state index contributed by atoms with van der Waals surface area (Å²) in [4.78, 5) is 0. The molecule has 1 aliphatic rings. The van der Waals surface area contributed by atoms with E-state index >= 15 is 0 Å². The fourth-order valence-electron chi connectivity index (χ4n) is 3.76. The first-order valence-electron chi connectivity index (χ1n) is 8.82. The van der Waals surface area contributed by atoms with Gasteiger partial charge in [0.1, 0.15) is 0 Å². The van der Waals surface area contributed by atoms with E-state index in [0.717, 1.165) is 6.54 Å². The first kappa shape index (κ1) is 22.6. The van der Waals surface area contributed by atoms with Gasteiger partial charge >= 0.3 is 191 Å². The molecular formula is C21H22Cl3NPRhS. The van der Waals surface area contributed by atoms with Crippen molar-refractivity contribution in [2.75, 3.05) is 12.3 Å². The Balaban J connectivity index is 0.000000516. The Hall–Kier alpha value is -0.107. The van der Waals surface area contributed by atoms with Crippen LogP contribution in [0.25, 0.3) is 0 Å². The molecule has 1 heterocycles. The molecule has 1 nitrogen and oxygen atoms in total. The summed E-state index contributed by atoms with van der Waals surface area (Å²) in [7, 11) is 12.7. The summed E-state index contributed by atoms with van der Waals surface area (Å²) in [6.07, 6.45) is 0. The van der Waals surface area contributed by atoms with Crippen molar-refractivity contribution >= 4 is 64.0 Å². The van der Waals surface area contributed by atoms with E-state index in [9.17, 15) is 0 Å². The summed E-state index contributed by atoms with van der Waals surface area (Å²) < 4.78 is 0. The molecule has 0 saturated carbocycles. The van der Waals surface area contributed by atoms with Gasteiger partial charge in [-0.05, 0) is 0 Å². The molecule has 0 aliphatic carbocycles. The quantitative estimate of drug-likeness (QED) is 0.339. The number of nitrogens with one attached hydrogen (secondary N) is 1.